The Kier molecular flexibility index (Phi) is 6.52. The first-order chi connectivity index (χ1) is 14.0. The lowest BCUT2D eigenvalue weighted by Crippen LogP contribution is -2.13. The fourth-order valence-corrected chi connectivity index (χ4v) is 2.66. The van der Waals surface area contributed by atoms with E-state index in [0.29, 0.717) is 29.2 Å². The van der Waals surface area contributed by atoms with Gasteiger partial charge in [-0.05, 0) is 54.4 Å². The second-order valence-corrected chi connectivity index (χ2v) is 6.26. The Labute approximate surface area is 167 Å². The van der Waals surface area contributed by atoms with Gasteiger partial charge in [0.2, 0.25) is 0 Å². The molecule has 6 nitrogen and oxygen atoms in total. The molecule has 148 valence electrons. The highest BCUT2D eigenvalue weighted by Gasteiger charge is 2.10. The highest BCUT2D eigenvalue weighted by molar-refractivity contribution is 6.04. The number of halogens is 1. The number of benzene rings is 2. The summed E-state index contributed by atoms with van der Waals surface area (Å²) in [5.41, 5.74) is 2.24. The van der Waals surface area contributed by atoms with Gasteiger partial charge in [0.25, 0.3) is 5.91 Å². The minimum atomic E-state index is -0.473. The van der Waals surface area contributed by atoms with Crippen LogP contribution in [0.3, 0.4) is 0 Å². The van der Waals surface area contributed by atoms with Crippen LogP contribution >= 0.6 is 0 Å². The zero-order chi connectivity index (χ0) is 20.6. The van der Waals surface area contributed by atoms with Crippen LogP contribution in [0.2, 0.25) is 0 Å². The van der Waals surface area contributed by atoms with E-state index in [1.807, 2.05) is 0 Å². The molecule has 0 aliphatic rings. The number of aromatic nitrogens is 1. The lowest BCUT2D eigenvalue weighted by molar-refractivity contribution is 0.0600. The molecule has 1 amide bonds. The molecule has 2 N–H and O–H groups in total. The highest BCUT2D eigenvalue weighted by Crippen LogP contribution is 2.14. The SMILES string of the molecule is COC(=O)c1cccc(NC(=O)c2ccc(NCCc3ccc(F)cc3)nc2)c1. The number of esters is 1. The summed E-state index contributed by atoms with van der Waals surface area (Å²) in [7, 11) is 1.30. The van der Waals surface area contributed by atoms with Crippen LogP contribution < -0.4 is 10.6 Å². The number of nitrogens with one attached hydrogen (secondary N) is 2. The third-order valence-corrected chi connectivity index (χ3v) is 4.20. The standard InChI is InChI=1S/C22H20FN3O3/c1-29-22(28)16-3-2-4-19(13-16)26-21(27)17-7-10-20(25-14-17)24-12-11-15-5-8-18(23)9-6-15/h2-10,13-14H,11-12H2,1H3,(H,24,25)(H,26,27). The van der Waals surface area contributed by atoms with Gasteiger partial charge in [0.15, 0.2) is 0 Å². The molecule has 0 bridgehead atoms. The van der Waals surface area contributed by atoms with Gasteiger partial charge in [-0.3, -0.25) is 4.79 Å². The number of hydrogen-bond acceptors (Lipinski definition) is 5. The summed E-state index contributed by atoms with van der Waals surface area (Å²) in [5.74, 6) is -0.429. The zero-order valence-corrected chi connectivity index (χ0v) is 15.8. The van der Waals surface area contributed by atoms with E-state index in [0.717, 1.165) is 12.0 Å². The van der Waals surface area contributed by atoms with Crippen LogP contribution in [0.5, 0.6) is 0 Å². The molecule has 2 aromatic carbocycles. The second kappa shape index (κ2) is 9.45. The van der Waals surface area contributed by atoms with E-state index in [1.54, 1.807) is 48.5 Å². The van der Waals surface area contributed by atoms with Crippen molar-refractivity contribution in [1.29, 1.82) is 0 Å². The maximum absolute atomic E-state index is 12.9. The number of carbonyl (C=O) groups excluding carboxylic acids is 2. The molecule has 0 atom stereocenters. The highest BCUT2D eigenvalue weighted by atomic mass is 19.1. The summed E-state index contributed by atoms with van der Waals surface area (Å²) >= 11 is 0. The summed E-state index contributed by atoms with van der Waals surface area (Å²) in [4.78, 5) is 28.2. The number of pyridine rings is 1. The molecule has 0 aliphatic carbocycles. The zero-order valence-electron chi connectivity index (χ0n) is 15.8. The number of carbonyl (C=O) groups is 2. The van der Waals surface area contributed by atoms with E-state index in [-0.39, 0.29) is 11.7 Å². The molecule has 0 saturated heterocycles. The molecular formula is C22H20FN3O3. The van der Waals surface area contributed by atoms with Crippen LogP contribution in [-0.2, 0) is 11.2 Å². The first kappa shape index (κ1) is 20.0. The van der Waals surface area contributed by atoms with Crippen LogP contribution in [-0.4, -0.2) is 30.5 Å². The quantitative estimate of drug-likeness (QED) is 0.595. The summed E-state index contributed by atoms with van der Waals surface area (Å²) < 4.78 is 17.6. The van der Waals surface area contributed by atoms with Crippen molar-refractivity contribution in [1.82, 2.24) is 4.98 Å². The van der Waals surface area contributed by atoms with E-state index in [2.05, 4.69) is 20.4 Å². The maximum atomic E-state index is 12.9. The van der Waals surface area contributed by atoms with Crippen LogP contribution in [0.15, 0.2) is 66.9 Å². The van der Waals surface area contributed by atoms with Gasteiger partial charge in [-0.1, -0.05) is 18.2 Å². The maximum Gasteiger partial charge on any atom is 0.337 e. The summed E-state index contributed by atoms with van der Waals surface area (Å²) in [6, 6.07) is 16.2. The van der Waals surface area contributed by atoms with Gasteiger partial charge >= 0.3 is 5.97 Å². The van der Waals surface area contributed by atoms with Crippen LogP contribution in [0.25, 0.3) is 0 Å². The Morgan fingerprint density at radius 2 is 1.83 bits per heavy atom. The van der Waals surface area contributed by atoms with Crippen molar-refractivity contribution in [3.63, 3.8) is 0 Å². The molecule has 0 aliphatic heterocycles. The van der Waals surface area contributed by atoms with Crippen molar-refractivity contribution >= 4 is 23.4 Å². The van der Waals surface area contributed by atoms with Crippen LogP contribution in [0.1, 0.15) is 26.3 Å². The average Bonchev–Trinajstić information content (AvgIpc) is 2.75. The number of methoxy groups -OCH3 is 1. The monoisotopic (exact) mass is 393 g/mol. The molecule has 0 unspecified atom stereocenters. The van der Waals surface area contributed by atoms with Gasteiger partial charge in [-0.2, -0.15) is 0 Å². The molecule has 0 fully saturated rings. The Morgan fingerprint density at radius 1 is 1.03 bits per heavy atom. The Hall–Kier alpha value is -3.74. The molecule has 0 spiro atoms. The van der Waals surface area contributed by atoms with Gasteiger partial charge in [0.05, 0.1) is 18.2 Å². The van der Waals surface area contributed by atoms with Gasteiger partial charge in [-0.15, -0.1) is 0 Å². The molecule has 0 radical (unpaired) electrons. The molecule has 7 heteroatoms. The van der Waals surface area contributed by atoms with E-state index in [4.69, 9.17) is 0 Å². The predicted octanol–water partition coefficient (Wildman–Crippen LogP) is 3.91. The number of hydrogen-bond donors (Lipinski definition) is 2. The summed E-state index contributed by atoms with van der Waals surface area (Å²) in [6.45, 7) is 0.629. The lowest BCUT2D eigenvalue weighted by atomic mass is 10.1. The normalized spacial score (nSPS) is 10.3. The largest absolute Gasteiger partial charge is 0.465 e. The third kappa shape index (κ3) is 5.62. The van der Waals surface area contributed by atoms with Gasteiger partial charge < -0.3 is 15.4 Å². The van der Waals surface area contributed by atoms with Crippen molar-refractivity contribution in [3.8, 4) is 0 Å². The average molecular weight is 393 g/mol. The number of rotatable bonds is 7. The molecule has 29 heavy (non-hydrogen) atoms. The first-order valence-electron chi connectivity index (χ1n) is 8.99. The molecule has 3 aromatic rings. The fraction of sp³-hybridized carbons (Fsp3) is 0.136. The summed E-state index contributed by atoms with van der Waals surface area (Å²) in [6.07, 6.45) is 2.19. The Bertz CT molecular complexity index is 989. The molecule has 1 aromatic heterocycles. The Balaban J connectivity index is 1.54. The summed E-state index contributed by atoms with van der Waals surface area (Å²) in [5, 5.41) is 5.89. The van der Waals surface area contributed by atoms with E-state index in [1.165, 1.54) is 25.4 Å². The van der Waals surface area contributed by atoms with Gasteiger partial charge in [-0.25, -0.2) is 14.2 Å². The van der Waals surface area contributed by atoms with Crippen molar-refractivity contribution in [3.05, 3.63) is 89.4 Å². The van der Waals surface area contributed by atoms with Crippen molar-refractivity contribution in [2.24, 2.45) is 0 Å². The molecular weight excluding hydrogens is 373 g/mol. The van der Waals surface area contributed by atoms with Crippen LogP contribution in [0, 0.1) is 5.82 Å². The van der Waals surface area contributed by atoms with Gasteiger partial charge in [0, 0.05) is 18.4 Å². The number of ether oxygens (including phenoxy) is 1. The van der Waals surface area contributed by atoms with Crippen molar-refractivity contribution in [2.75, 3.05) is 24.3 Å². The van der Waals surface area contributed by atoms with Gasteiger partial charge in [0.1, 0.15) is 11.6 Å². The smallest absolute Gasteiger partial charge is 0.337 e. The predicted molar refractivity (Wildman–Crippen MR) is 109 cm³/mol. The number of anilines is 2. The minimum absolute atomic E-state index is 0.255. The minimum Gasteiger partial charge on any atom is -0.465 e. The van der Waals surface area contributed by atoms with E-state index >= 15 is 0 Å². The third-order valence-electron chi connectivity index (χ3n) is 4.20. The second-order valence-electron chi connectivity index (χ2n) is 6.26. The molecule has 3 rings (SSSR count). The molecule has 1 heterocycles. The lowest BCUT2D eigenvalue weighted by Gasteiger charge is -2.08. The van der Waals surface area contributed by atoms with E-state index in [9.17, 15) is 14.0 Å². The van der Waals surface area contributed by atoms with Crippen molar-refractivity contribution in [2.45, 2.75) is 6.42 Å². The molecule has 0 saturated carbocycles. The fourth-order valence-electron chi connectivity index (χ4n) is 2.66. The van der Waals surface area contributed by atoms with Crippen molar-refractivity contribution < 1.29 is 18.7 Å². The van der Waals surface area contributed by atoms with E-state index < -0.39 is 5.97 Å². The number of nitrogens with zero attached hydrogens (tertiary/aromatic N) is 1. The number of amides is 1. The Morgan fingerprint density at radius 3 is 2.52 bits per heavy atom. The topological polar surface area (TPSA) is 80.3 Å². The first-order valence-corrected chi connectivity index (χ1v) is 8.99. The van der Waals surface area contributed by atoms with Crippen LogP contribution in [0.4, 0.5) is 15.9 Å².